The normalized spacial score (nSPS) is 26.2. The number of hydrogen-bond donors (Lipinski definition) is 0. The lowest BCUT2D eigenvalue weighted by Gasteiger charge is -2.37. The molecule has 0 saturated heterocycles. The summed E-state index contributed by atoms with van der Waals surface area (Å²) in [6.45, 7) is 0. The van der Waals surface area contributed by atoms with Crippen LogP contribution in [0.3, 0.4) is 0 Å². The van der Waals surface area contributed by atoms with Gasteiger partial charge in [-0.2, -0.15) is 0 Å². The number of Topliss-reactive ketones (excluding diaryl/α,β-unsaturated/α-hetero) is 1. The monoisotopic (exact) mass is 222 g/mol. The van der Waals surface area contributed by atoms with Crippen LogP contribution in [0.4, 0.5) is 0 Å². The topological polar surface area (TPSA) is 17.1 Å². The number of benzene rings is 2. The minimum atomic E-state index is 0.182. The Hall–Kier alpha value is -1.63. The Bertz CT molecular complexity index is 626. The summed E-state index contributed by atoms with van der Waals surface area (Å²) in [4.78, 5) is 12.1. The van der Waals surface area contributed by atoms with E-state index >= 15 is 0 Å². The Morgan fingerprint density at radius 2 is 1.88 bits per heavy atom. The zero-order valence-corrected chi connectivity index (χ0v) is 9.65. The lowest BCUT2D eigenvalue weighted by atomic mass is 9.65. The van der Waals surface area contributed by atoms with Crippen LogP contribution in [0, 0.1) is 0 Å². The molecule has 0 radical (unpaired) electrons. The number of rotatable bonds is 0. The van der Waals surface area contributed by atoms with E-state index in [0.29, 0.717) is 11.7 Å². The van der Waals surface area contributed by atoms with Crippen LogP contribution in [-0.2, 0) is 4.79 Å². The standard InChI is InChI=1S/C16H14O/c17-15-9-11-6-8-14(15)16-12-4-2-1-3-10(12)5-7-13(11)16/h1-5,7,11,14H,6,8-9H2/t11-,14+/m1/s1. The highest BCUT2D eigenvalue weighted by molar-refractivity contribution is 5.97. The second-order valence-electron chi connectivity index (χ2n) is 5.29. The molecule has 0 amide bonds. The van der Waals surface area contributed by atoms with E-state index in [0.717, 1.165) is 12.8 Å². The predicted molar refractivity (Wildman–Crippen MR) is 68.3 cm³/mol. The summed E-state index contributed by atoms with van der Waals surface area (Å²) in [6.07, 6.45) is 3.03. The van der Waals surface area contributed by atoms with E-state index in [1.54, 1.807) is 0 Å². The van der Waals surface area contributed by atoms with Crippen LogP contribution >= 0.6 is 0 Å². The Labute approximate surface area is 100 Å². The van der Waals surface area contributed by atoms with Crippen molar-refractivity contribution in [3.63, 3.8) is 0 Å². The first kappa shape index (κ1) is 9.41. The highest BCUT2D eigenvalue weighted by Crippen LogP contribution is 2.49. The van der Waals surface area contributed by atoms with Gasteiger partial charge in [0.2, 0.25) is 0 Å². The van der Waals surface area contributed by atoms with Gasteiger partial charge in [-0.15, -0.1) is 0 Å². The molecule has 2 aromatic carbocycles. The van der Waals surface area contributed by atoms with Crippen molar-refractivity contribution in [2.45, 2.75) is 31.1 Å². The Morgan fingerprint density at radius 1 is 1.00 bits per heavy atom. The molecule has 0 heterocycles. The minimum Gasteiger partial charge on any atom is -0.299 e. The number of hydrogen-bond acceptors (Lipinski definition) is 1. The molecule has 2 atom stereocenters. The molecule has 0 N–H and O–H groups in total. The third kappa shape index (κ3) is 1.17. The van der Waals surface area contributed by atoms with Gasteiger partial charge in [0, 0.05) is 12.3 Å². The van der Waals surface area contributed by atoms with Gasteiger partial charge in [0.25, 0.3) is 0 Å². The average Bonchev–Trinajstić information content (AvgIpc) is 2.39. The molecule has 1 saturated carbocycles. The third-order valence-electron chi connectivity index (χ3n) is 4.43. The first-order valence-electron chi connectivity index (χ1n) is 6.39. The van der Waals surface area contributed by atoms with Crippen LogP contribution in [0.15, 0.2) is 36.4 Å². The van der Waals surface area contributed by atoms with Crippen molar-refractivity contribution in [1.82, 2.24) is 0 Å². The molecular formula is C16H14O. The van der Waals surface area contributed by atoms with Gasteiger partial charge in [0.1, 0.15) is 5.78 Å². The van der Waals surface area contributed by atoms with Crippen LogP contribution in [0.2, 0.25) is 0 Å². The van der Waals surface area contributed by atoms with Crippen LogP contribution in [-0.4, -0.2) is 5.78 Å². The molecule has 1 fully saturated rings. The van der Waals surface area contributed by atoms with Crippen LogP contribution in [0.1, 0.15) is 42.2 Å². The fraction of sp³-hybridized carbons (Fsp3) is 0.312. The number of carbonyl (C=O) groups is 1. The van der Waals surface area contributed by atoms with E-state index in [4.69, 9.17) is 0 Å². The van der Waals surface area contributed by atoms with Crippen LogP contribution in [0.5, 0.6) is 0 Å². The summed E-state index contributed by atoms with van der Waals surface area (Å²) >= 11 is 0. The van der Waals surface area contributed by atoms with Crippen molar-refractivity contribution < 1.29 is 4.79 Å². The Balaban J connectivity index is 2.11. The largest absolute Gasteiger partial charge is 0.299 e. The predicted octanol–water partition coefficient (Wildman–Crippen LogP) is 3.77. The number of fused-ring (bicyclic) bond motifs is 3. The van der Waals surface area contributed by atoms with E-state index in [1.165, 1.54) is 28.3 Å². The first-order chi connectivity index (χ1) is 8.34. The molecule has 3 aliphatic carbocycles. The summed E-state index contributed by atoms with van der Waals surface area (Å²) in [5.41, 5.74) is 2.79. The molecular weight excluding hydrogens is 208 g/mol. The van der Waals surface area contributed by atoms with Gasteiger partial charge < -0.3 is 0 Å². The zero-order valence-electron chi connectivity index (χ0n) is 9.65. The molecule has 0 aromatic heterocycles. The first-order valence-corrected chi connectivity index (χ1v) is 6.39. The molecule has 84 valence electrons. The molecule has 1 heteroatoms. The van der Waals surface area contributed by atoms with Crippen molar-refractivity contribution >= 4 is 16.6 Å². The maximum atomic E-state index is 12.1. The van der Waals surface area contributed by atoms with Crippen LogP contribution < -0.4 is 0 Å². The SMILES string of the molecule is O=C1C[C@H]2CC[C@@H]1c1c2ccc2ccccc12. The lowest BCUT2D eigenvalue weighted by molar-refractivity contribution is -0.123. The van der Waals surface area contributed by atoms with Gasteiger partial charge in [-0.1, -0.05) is 36.4 Å². The fourth-order valence-corrected chi connectivity index (χ4v) is 3.64. The summed E-state index contributed by atoms with van der Waals surface area (Å²) in [5, 5.41) is 2.57. The van der Waals surface area contributed by atoms with E-state index in [-0.39, 0.29) is 5.92 Å². The van der Waals surface area contributed by atoms with E-state index in [1.807, 2.05) is 0 Å². The van der Waals surface area contributed by atoms with Crippen molar-refractivity contribution in [1.29, 1.82) is 0 Å². The van der Waals surface area contributed by atoms with Crippen molar-refractivity contribution in [3.05, 3.63) is 47.5 Å². The molecule has 2 bridgehead atoms. The second kappa shape index (κ2) is 3.19. The Kier molecular flexibility index (Phi) is 1.77. The highest BCUT2D eigenvalue weighted by atomic mass is 16.1. The maximum Gasteiger partial charge on any atom is 0.140 e. The quantitative estimate of drug-likeness (QED) is 0.663. The number of carbonyl (C=O) groups excluding carboxylic acids is 1. The summed E-state index contributed by atoms with van der Waals surface area (Å²) in [7, 11) is 0. The molecule has 2 aromatic rings. The third-order valence-corrected chi connectivity index (χ3v) is 4.43. The van der Waals surface area contributed by atoms with Crippen molar-refractivity contribution in [2.24, 2.45) is 0 Å². The van der Waals surface area contributed by atoms with Gasteiger partial charge in [0.05, 0.1) is 0 Å². The van der Waals surface area contributed by atoms with Crippen molar-refractivity contribution in [2.75, 3.05) is 0 Å². The van der Waals surface area contributed by atoms with E-state index < -0.39 is 0 Å². The Morgan fingerprint density at radius 3 is 2.76 bits per heavy atom. The molecule has 0 unspecified atom stereocenters. The molecule has 0 spiro atoms. The minimum absolute atomic E-state index is 0.182. The summed E-state index contributed by atoms with van der Waals surface area (Å²) in [5.74, 6) is 1.14. The van der Waals surface area contributed by atoms with Gasteiger partial charge in [0.15, 0.2) is 0 Å². The average molecular weight is 222 g/mol. The zero-order chi connectivity index (χ0) is 11.4. The number of ketones is 1. The lowest BCUT2D eigenvalue weighted by Crippen LogP contribution is -2.30. The maximum absolute atomic E-state index is 12.1. The molecule has 5 rings (SSSR count). The van der Waals surface area contributed by atoms with Gasteiger partial charge in [-0.05, 0) is 40.7 Å². The van der Waals surface area contributed by atoms with Gasteiger partial charge in [-0.3, -0.25) is 4.79 Å². The fourth-order valence-electron chi connectivity index (χ4n) is 3.64. The molecule has 0 aliphatic heterocycles. The van der Waals surface area contributed by atoms with E-state index in [9.17, 15) is 4.79 Å². The summed E-state index contributed by atoms with van der Waals surface area (Å²) < 4.78 is 0. The molecule has 1 nitrogen and oxygen atoms in total. The van der Waals surface area contributed by atoms with Gasteiger partial charge >= 0.3 is 0 Å². The van der Waals surface area contributed by atoms with Gasteiger partial charge in [-0.25, -0.2) is 0 Å². The molecule has 17 heavy (non-hydrogen) atoms. The second-order valence-corrected chi connectivity index (χ2v) is 5.29. The molecule has 3 aliphatic rings. The van der Waals surface area contributed by atoms with E-state index in [2.05, 4.69) is 36.4 Å². The summed E-state index contributed by atoms with van der Waals surface area (Å²) in [6, 6.07) is 12.9. The van der Waals surface area contributed by atoms with Crippen LogP contribution in [0.25, 0.3) is 10.8 Å². The smallest absolute Gasteiger partial charge is 0.140 e. The highest BCUT2D eigenvalue weighted by Gasteiger charge is 2.39. The van der Waals surface area contributed by atoms with Crippen molar-refractivity contribution in [3.8, 4) is 0 Å².